The molecule has 114 valence electrons. The van der Waals surface area contributed by atoms with Crippen molar-refractivity contribution in [2.24, 2.45) is 11.8 Å². The molecule has 0 radical (unpaired) electrons. The molecule has 21 heavy (non-hydrogen) atoms. The first kappa shape index (κ1) is 15.5. The van der Waals surface area contributed by atoms with Crippen LogP contribution in [0.4, 0.5) is 5.69 Å². The molecule has 0 unspecified atom stereocenters. The number of hydrogen-bond donors (Lipinski definition) is 0. The summed E-state index contributed by atoms with van der Waals surface area (Å²) in [6.07, 6.45) is 4.23. The number of esters is 1. The van der Waals surface area contributed by atoms with Crippen LogP contribution in [-0.4, -0.2) is 17.0 Å². The van der Waals surface area contributed by atoms with Crippen molar-refractivity contribution < 1.29 is 14.5 Å². The predicted octanol–water partition coefficient (Wildman–Crippen LogP) is 3.97. The van der Waals surface area contributed by atoms with Gasteiger partial charge in [0.1, 0.15) is 6.10 Å². The molecule has 5 nitrogen and oxygen atoms in total. The van der Waals surface area contributed by atoms with E-state index in [1.807, 2.05) is 0 Å². The van der Waals surface area contributed by atoms with Crippen molar-refractivity contribution in [2.45, 2.75) is 45.6 Å². The Hall–Kier alpha value is -1.91. The molecule has 5 heteroatoms. The second kappa shape index (κ2) is 6.70. The molecule has 0 aromatic heterocycles. The van der Waals surface area contributed by atoms with Gasteiger partial charge in [-0.2, -0.15) is 0 Å². The fraction of sp³-hybridized carbons (Fsp3) is 0.562. The molecule has 1 fully saturated rings. The first-order valence-electron chi connectivity index (χ1n) is 7.44. The molecule has 1 aromatic rings. The molecule has 0 N–H and O–H groups in total. The van der Waals surface area contributed by atoms with E-state index in [0.29, 0.717) is 17.4 Å². The summed E-state index contributed by atoms with van der Waals surface area (Å²) < 4.78 is 5.64. The van der Waals surface area contributed by atoms with E-state index in [4.69, 9.17) is 4.74 Å². The molecule has 0 bridgehead atoms. The highest BCUT2D eigenvalue weighted by Gasteiger charge is 2.30. The average Bonchev–Trinajstić information content (AvgIpc) is 2.47. The Morgan fingerprint density at radius 2 is 1.86 bits per heavy atom. The minimum atomic E-state index is -0.481. The number of nitro benzene ring substituents is 1. The standard InChI is InChI=1S/C16H21NO4/c1-11(2)14-5-3-4-6-15(14)21-16(18)12-7-9-13(10-8-12)17(19)20/h7-11,14-15H,3-6H2,1-2H3/t14-,15-/m0/s1. The predicted molar refractivity (Wildman–Crippen MR) is 79.1 cm³/mol. The van der Waals surface area contributed by atoms with Crippen LogP contribution in [0.25, 0.3) is 0 Å². The Balaban J connectivity index is 2.04. The quantitative estimate of drug-likeness (QED) is 0.478. The summed E-state index contributed by atoms with van der Waals surface area (Å²) >= 11 is 0. The van der Waals surface area contributed by atoms with Crippen LogP contribution in [0.15, 0.2) is 24.3 Å². The smallest absolute Gasteiger partial charge is 0.338 e. The summed E-state index contributed by atoms with van der Waals surface area (Å²) in [5.41, 5.74) is 0.345. The van der Waals surface area contributed by atoms with E-state index in [1.54, 1.807) is 0 Å². The first-order chi connectivity index (χ1) is 9.99. The van der Waals surface area contributed by atoms with Crippen molar-refractivity contribution in [1.82, 2.24) is 0 Å². The summed E-state index contributed by atoms with van der Waals surface area (Å²) in [5.74, 6) is 0.503. The van der Waals surface area contributed by atoms with Crippen LogP contribution < -0.4 is 0 Å². The number of hydrogen-bond acceptors (Lipinski definition) is 4. The van der Waals surface area contributed by atoms with Crippen LogP contribution in [0.1, 0.15) is 49.9 Å². The molecule has 1 aromatic carbocycles. The Morgan fingerprint density at radius 1 is 1.24 bits per heavy atom. The maximum atomic E-state index is 12.2. The third-order valence-corrected chi connectivity index (χ3v) is 4.18. The zero-order valence-corrected chi connectivity index (χ0v) is 12.5. The summed E-state index contributed by atoms with van der Waals surface area (Å²) in [4.78, 5) is 22.3. The van der Waals surface area contributed by atoms with Gasteiger partial charge in [0.2, 0.25) is 0 Å². The largest absolute Gasteiger partial charge is 0.458 e. The number of nitrogens with zero attached hydrogens (tertiary/aromatic N) is 1. The molecule has 1 aliphatic rings. The second-order valence-electron chi connectivity index (χ2n) is 5.94. The molecule has 1 saturated carbocycles. The van der Waals surface area contributed by atoms with Crippen LogP contribution >= 0.6 is 0 Å². The Morgan fingerprint density at radius 3 is 2.43 bits per heavy atom. The van der Waals surface area contributed by atoms with E-state index in [2.05, 4.69) is 13.8 Å². The van der Waals surface area contributed by atoms with Crippen LogP contribution in [0.2, 0.25) is 0 Å². The van der Waals surface area contributed by atoms with Gasteiger partial charge in [-0.1, -0.05) is 20.3 Å². The third-order valence-electron chi connectivity index (χ3n) is 4.18. The van der Waals surface area contributed by atoms with E-state index in [1.165, 1.54) is 30.7 Å². The van der Waals surface area contributed by atoms with Gasteiger partial charge in [-0.15, -0.1) is 0 Å². The topological polar surface area (TPSA) is 69.4 Å². The average molecular weight is 291 g/mol. The Bertz CT molecular complexity index is 510. The van der Waals surface area contributed by atoms with Crippen molar-refractivity contribution >= 4 is 11.7 Å². The number of nitro groups is 1. The molecule has 0 saturated heterocycles. The Kier molecular flexibility index (Phi) is 4.94. The molecule has 0 aliphatic heterocycles. The zero-order chi connectivity index (χ0) is 15.4. The van der Waals surface area contributed by atoms with Gasteiger partial charge < -0.3 is 4.74 Å². The lowest BCUT2D eigenvalue weighted by Gasteiger charge is -2.33. The van der Waals surface area contributed by atoms with Gasteiger partial charge >= 0.3 is 5.97 Å². The molecular formula is C16H21NO4. The summed E-state index contributed by atoms with van der Waals surface area (Å²) in [6, 6.07) is 5.57. The maximum absolute atomic E-state index is 12.2. The lowest BCUT2D eigenvalue weighted by molar-refractivity contribution is -0.384. The first-order valence-corrected chi connectivity index (χ1v) is 7.44. The van der Waals surface area contributed by atoms with Crippen molar-refractivity contribution in [3.63, 3.8) is 0 Å². The summed E-state index contributed by atoms with van der Waals surface area (Å²) in [7, 11) is 0. The van der Waals surface area contributed by atoms with Crippen molar-refractivity contribution in [3.8, 4) is 0 Å². The summed E-state index contributed by atoms with van der Waals surface area (Å²) in [5, 5.41) is 10.6. The fourth-order valence-corrected chi connectivity index (χ4v) is 2.96. The van der Waals surface area contributed by atoms with Crippen LogP contribution in [0.3, 0.4) is 0 Å². The SMILES string of the molecule is CC(C)[C@@H]1CCCC[C@@H]1OC(=O)c1ccc([N+](=O)[O-])cc1. The van der Waals surface area contributed by atoms with E-state index in [0.717, 1.165) is 19.3 Å². The number of carbonyl (C=O) groups is 1. The highest BCUT2D eigenvalue weighted by molar-refractivity contribution is 5.89. The molecule has 2 atom stereocenters. The summed E-state index contributed by atoms with van der Waals surface area (Å²) in [6.45, 7) is 4.31. The van der Waals surface area contributed by atoms with E-state index in [-0.39, 0.29) is 17.8 Å². The van der Waals surface area contributed by atoms with Gasteiger partial charge in [-0.05, 0) is 43.2 Å². The fourth-order valence-electron chi connectivity index (χ4n) is 2.96. The number of carbonyl (C=O) groups excluding carboxylic acids is 1. The van der Waals surface area contributed by atoms with Gasteiger partial charge in [0.05, 0.1) is 10.5 Å². The normalized spacial score (nSPS) is 22.0. The van der Waals surface area contributed by atoms with Crippen LogP contribution in [0, 0.1) is 22.0 Å². The van der Waals surface area contributed by atoms with Gasteiger partial charge in [0.25, 0.3) is 5.69 Å². The number of ether oxygens (including phenoxy) is 1. The minimum Gasteiger partial charge on any atom is -0.458 e. The monoisotopic (exact) mass is 291 g/mol. The highest BCUT2D eigenvalue weighted by Crippen LogP contribution is 2.32. The highest BCUT2D eigenvalue weighted by atomic mass is 16.6. The lowest BCUT2D eigenvalue weighted by Crippen LogP contribution is -2.33. The zero-order valence-electron chi connectivity index (χ0n) is 12.5. The third kappa shape index (κ3) is 3.80. The molecule has 1 aliphatic carbocycles. The number of non-ortho nitro benzene ring substituents is 1. The van der Waals surface area contributed by atoms with E-state index < -0.39 is 4.92 Å². The lowest BCUT2D eigenvalue weighted by atomic mass is 9.79. The minimum absolute atomic E-state index is 0.0238. The van der Waals surface area contributed by atoms with E-state index >= 15 is 0 Å². The maximum Gasteiger partial charge on any atom is 0.338 e. The number of rotatable bonds is 4. The van der Waals surface area contributed by atoms with Crippen LogP contribution in [-0.2, 0) is 4.74 Å². The second-order valence-corrected chi connectivity index (χ2v) is 5.94. The molecule has 0 spiro atoms. The van der Waals surface area contributed by atoms with Crippen molar-refractivity contribution in [2.75, 3.05) is 0 Å². The van der Waals surface area contributed by atoms with Crippen molar-refractivity contribution in [1.29, 1.82) is 0 Å². The van der Waals surface area contributed by atoms with Crippen molar-refractivity contribution in [3.05, 3.63) is 39.9 Å². The molecular weight excluding hydrogens is 270 g/mol. The van der Waals surface area contributed by atoms with E-state index in [9.17, 15) is 14.9 Å². The number of benzene rings is 1. The van der Waals surface area contributed by atoms with Gasteiger partial charge in [0.15, 0.2) is 0 Å². The molecule has 2 rings (SSSR count). The van der Waals surface area contributed by atoms with Gasteiger partial charge in [-0.3, -0.25) is 10.1 Å². The van der Waals surface area contributed by atoms with Crippen LogP contribution in [0.5, 0.6) is 0 Å². The van der Waals surface area contributed by atoms with Gasteiger partial charge in [-0.25, -0.2) is 4.79 Å². The van der Waals surface area contributed by atoms with Gasteiger partial charge in [0, 0.05) is 12.1 Å². The molecule has 0 amide bonds. The molecule has 0 heterocycles. The Labute approximate surface area is 124 Å².